The Morgan fingerprint density at radius 1 is 1.50 bits per heavy atom. The molecule has 1 aromatic heterocycles. The molecular formula is C13H14FNO3. The van der Waals surface area contributed by atoms with Gasteiger partial charge < -0.3 is 14.4 Å². The van der Waals surface area contributed by atoms with Gasteiger partial charge >= 0.3 is 5.97 Å². The van der Waals surface area contributed by atoms with Crippen LogP contribution in [0.5, 0.6) is 0 Å². The summed E-state index contributed by atoms with van der Waals surface area (Å²) in [7, 11) is 1.21. The molecule has 1 unspecified atom stereocenters. The van der Waals surface area contributed by atoms with E-state index in [1.807, 2.05) is 0 Å². The van der Waals surface area contributed by atoms with Crippen molar-refractivity contribution in [2.45, 2.75) is 19.1 Å². The maximum atomic E-state index is 13.5. The van der Waals surface area contributed by atoms with E-state index in [1.165, 1.54) is 20.1 Å². The predicted molar refractivity (Wildman–Crippen MR) is 64.5 cm³/mol. The van der Waals surface area contributed by atoms with Crippen LogP contribution in [0.1, 0.15) is 6.92 Å². The number of hydrogen-bond donors (Lipinski definition) is 1. The fourth-order valence-electron chi connectivity index (χ4n) is 1.94. The van der Waals surface area contributed by atoms with Crippen LogP contribution < -0.4 is 0 Å². The Morgan fingerprint density at radius 3 is 2.89 bits per heavy atom. The summed E-state index contributed by atoms with van der Waals surface area (Å²) in [5.74, 6) is -1.05. The Kier molecular flexibility index (Phi) is 3.09. The molecule has 0 spiro atoms. The van der Waals surface area contributed by atoms with Gasteiger partial charge in [-0.25, -0.2) is 9.18 Å². The number of rotatable bonds is 3. The summed E-state index contributed by atoms with van der Waals surface area (Å²) < 4.78 is 19.6. The Labute approximate surface area is 104 Å². The van der Waals surface area contributed by atoms with Crippen molar-refractivity contribution in [1.82, 2.24) is 4.57 Å². The smallest absolute Gasteiger partial charge is 0.339 e. The molecule has 0 aliphatic heterocycles. The lowest BCUT2D eigenvalue weighted by Gasteiger charge is -2.21. The number of carbonyl (C=O) groups is 1. The first-order valence-electron chi connectivity index (χ1n) is 5.50. The Balaban J connectivity index is 2.39. The van der Waals surface area contributed by atoms with E-state index < -0.39 is 11.6 Å². The Hall–Kier alpha value is -1.88. The summed E-state index contributed by atoms with van der Waals surface area (Å²) in [4.78, 5) is 11.4. The van der Waals surface area contributed by atoms with Gasteiger partial charge in [0.15, 0.2) is 5.60 Å². The molecule has 0 fully saturated rings. The molecule has 2 rings (SSSR count). The van der Waals surface area contributed by atoms with Gasteiger partial charge in [-0.2, -0.15) is 0 Å². The SMILES string of the molecule is COC(=O)C(C)(O)Cn1ccc2c(F)cccc21. The van der Waals surface area contributed by atoms with Gasteiger partial charge in [0.05, 0.1) is 19.2 Å². The highest BCUT2D eigenvalue weighted by molar-refractivity contribution is 5.82. The molecule has 0 saturated heterocycles. The fourth-order valence-corrected chi connectivity index (χ4v) is 1.94. The van der Waals surface area contributed by atoms with Gasteiger partial charge in [0, 0.05) is 11.6 Å². The number of aliphatic hydroxyl groups is 1. The molecule has 96 valence electrons. The third-order valence-electron chi connectivity index (χ3n) is 2.86. The molecule has 18 heavy (non-hydrogen) atoms. The van der Waals surface area contributed by atoms with E-state index in [9.17, 15) is 14.3 Å². The van der Waals surface area contributed by atoms with Crippen LogP contribution in [-0.4, -0.2) is 28.4 Å². The van der Waals surface area contributed by atoms with E-state index in [4.69, 9.17) is 0 Å². The Morgan fingerprint density at radius 2 is 2.22 bits per heavy atom. The summed E-state index contributed by atoms with van der Waals surface area (Å²) in [6, 6.07) is 6.29. The number of aromatic nitrogens is 1. The van der Waals surface area contributed by atoms with Gasteiger partial charge in [-0.05, 0) is 25.1 Å². The summed E-state index contributed by atoms with van der Waals surface area (Å²) >= 11 is 0. The zero-order valence-corrected chi connectivity index (χ0v) is 10.2. The summed E-state index contributed by atoms with van der Waals surface area (Å²) in [5.41, 5.74) is -1.02. The molecule has 5 heteroatoms. The van der Waals surface area contributed by atoms with E-state index in [1.54, 1.807) is 29.0 Å². The second-order valence-corrected chi connectivity index (χ2v) is 4.38. The van der Waals surface area contributed by atoms with Crippen LogP contribution >= 0.6 is 0 Å². The maximum Gasteiger partial charge on any atom is 0.339 e. The van der Waals surface area contributed by atoms with Gasteiger partial charge in [0.1, 0.15) is 5.82 Å². The van der Waals surface area contributed by atoms with Crippen molar-refractivity contribution in [2.75, 3.05) is 7.11 Å². The van der Waals surface area contributed by atoms with E-state index >= 15 is 0 Å². The van der Waals surface area contributed by atoms with Crippen LogP contribution in [0.25, 0.3) is 10.9 Å². The second kappa shape index (κ2) is 4.42. The third-order valence-corrected chi connectivity index (χ3v) is 2.86. The number of halogens is 1. The first-order chi connectivity index (χ1) is 8.45. The van der Waals surface area contributed by atoms with E-state index in [-0.39, 0.29) is 12.4 Å². The average Bonchev–Trinajstić information content (AvgIpc) is 2.72. The van der Waals surface area contributed by atoms with Crippen molar-refractivity contribution in [3.8, 4) is 0 Å². The van der Waals surface area contributed by atoms with Crippen LogP contribution in [0.4, 0.5) is 4.39 Å². The van der Waals surface area contributed by atoms with Crippen molar-refractivity contribution < 1.29 is 19.0 Å². The average molecular weight is 251 g/mol. The van der Waals surface area contributed by atoms with Gasteiger partial charge in [-0.1, -0.05) is 6.07 Å². The van der Waals surface area contributed by atoms with Gasteiger partial charge in [0.2, 0.25) is 0 Å². The number of fused-ring (bicyclic) bond motifs is 1. The van der Waals surface area contributed by atoms with Crippen molar-refractivity contribution in [3.05, 3.63) is 36.3 Å². The van der Waals surface area contributed by atoms with Gasteiger partial charge in [-0.3, -0.25) is 0 Å². The number of methoxy groups -OCH3 is 1. The molecule has 4 nitrogen and oxygen atoms in total. The largest absolute Gasteiger partial charge is 0.467 e. The van der Waals surface area contributed by atoms with Crippen molar-refractivity contribution in [1.29, 1.82) is 0 Å². The summed E-state index contributed by atoms with van der Waals surface area (Å²) in [6.07, 6.45) is 1.63. The van der Waals surface area contributed by atoms with Crippen LogP contribution in [0.2, 0.25) is 0 Å². The highest BCUT2D eigenvalue weighted by Gasteiger charge is 2.32. The molecule has 1 aromatic carbocycles. The topological polar surface area (TPSA) is 51.5 Å². The Bertz CT molecular complexity index is 589. The molecular weight excluding hydrogens is 237 g/mol. The van der Waals surface area contributed by atoms with Gasteiger partial charge in [-0.15, -0.1) is 0 Å². The molecule has 1 heterocycles. The monoisotopic (exact) mass is 251 g/mol. The minimum atomic E-state index is -1.65. The normalized spacial score (nSPS) is 14.4. The molecule has 1 N–H and O–H groups in total. The summed E-state index contributed by atoms with van der Waals surface area (Å²) in [5, 5.41) is 10.5. The lowest BCUT2D eigenvalue weighted by molar-refractivity contribution is -0.161. The van der Waals surface area contributed by atoms with Crippen molar-refractivity contribution in [3.63, 3.8) is 0 Å². The molecule has 1 atom stereocenters. The molecule has 0 radical (unpaired) electrons. The minimum absolute atomic E-state index is 0.00657. The number of ether oxygens (including phenoxy) is 1. The molecule has 0 aliphatic carbocycles. The van der Waals surface area contributed by atoms with Crippen molar-refractivity contribution in [2.24, 2.45) is 0 Å². The highest BCUT2D eigenvalue weighted by atomic mass is 19.1. The molecule has 0 bridgehead atoms. The van der Waals surface area contributed by atoms with Crippen LogP contribution in [-0.2, 0) is 16.1 Å². The zero-order chi connectivity index (χ0) is 13.3. The van der Waals surface area contributed by atoms with Crippen LogP contribution in [0, 0.1) is 5.82 Å². The lowest BCUT2D eigenvalue weighted by atomic mass is 10.1. The predicted octanol–water partition coefficient (Wildman–Crippen LogP) is 1.70. The highest BCUT2D eigenvalue weighted by Crippen LogP contribution is 2.21. The lowest BCUT2D eigenvalue weighted by Crippen LogP contribution is -2.40. The third kappa shape index (κ3) is 2.09. The second-order valence-electron chi connectivity index (χ2n) is 4.38. The number of hydrogen-bond acceptors (Lipinski definition) is 3. The fraction of sp³-hybridized carbons (Fsp3) is 0.308. The molecule has 0 amide bonds. The van der Waals surface area contributed by atoms with E-state index in [0.29, 0.717) is 10.9 Å². The van der Waals surface area contributed by atoms with E-state index in [2.05, 4.69) is 4.74 Å². The number of esters is 1. The minimum Gasteiger partial charge on any atom is -0.467 e. The maximum absolute atomic E-state index is 13.5. The first kappa shape index (κ1) is 12.6. The number of carbonyl (C=O) groups excluding carboxylic acids is 1. The quantitative estimate of drug-likeness (QED) is 0.845. The molecule has 2 aromatic rings. The van der Waals surface area contributed by atoms with Crippen molar-refractivity contribution >= 4 is 16.9 Å². The molecule has 0 saturated carbocycles. The van der Waals surface area contributed by atoms with Gasteiger partial charge in [0.25, 0.3) is 0 Å². The number of nitrogens with zero attached hydrogens (tertiary/aromatic N) is 1. The first-order valence-corrected chi connectivity index (χ1v) is 5.50. The summed E-state index contributed by atoms with van der Waals surface area (Å²) in [6.45, 7) is 1.37. The van der Waals surface area contributed by atoms with Crippen LogP contribution in [0.15, 0.2) is 30.5 Å². The molecule has 0 aliphatic rings. The zero-order valence-electron chi connectivity index (χ0n) is 10.2. The van der Waals surface area contributed by atoms with Crippen LogP contribution in [0.3, 0.4) is 0 Å². The standard InChI is InChI=1S/C13H14FNO3/c1-13(17,12(16)18-2)8-15-7-6-9-10(14)4-3-5-11(9)15/h3-7,17H,8H2,1-2H3. The van der Waals surface area contributed by atoms with E-state index in [0.717, 1.165) is 0 Å². The number of benzene rings is 1.